The summed E-state index contributed by atoms with van der Waals surface area (Å²) in [6.45, 7) is 1.80. The molecule has 1 aromatic rings. The Bertz CT molecular complexity index is 489. The van der Waals surface area contributed by atoms with Crippen molar-refractivity contribution in [2.45, 2.75) is 44.2 Å². The molecule has 2 fully saturated rings. The van der Waals surface area contributed by atoms with E-state index in [1.54, 1.807) is 0 Å². The number of fused-ring (bicyclic) bond motifs is 2. The van der Waals surface area contributed by atoms with Crippen molar-refractivity contribution >= 4 is 22.4 Å². The fraction of sp³-hybridized carbons (Fsp3) is 0.714. The van der Waals surface area contributed by atoms with Crippen LogP contribution in [0.2, 0.25) is 0 Å². The molecule has 0 saturated carbocycles. The highest BCUT2D eigenvalue weighted by Gasteiger charge is 2.35. The van der Waals surface area contributed by atoms with E-state index in [4.69, 9.17) is 5.73 Å². The van der Waals surface area contributed by atoms with Crippen LogP contribution < -0.4 is 5.73 Å². The number of thiazole rings is 1. The van der Waals surface area contributed by atoms with Crippen LogP contribution in [0.15, 0.2) is 5.38 Å². The van der Waals surface area contributed by atoms with Crippen molar-refractivity contribution < 1.29 is 4.79 Å². The minimum absolute atomic E-state index is 0.262. The van der Waals surface area contributed by atoms with Gasteiger partial charge in [0.15, 0.2) is 5.13 Å². The lowest BCUT2D eigenvalue weighted by atomic mass is 10.1. The fourth-order valence-corrected chi connectivity index (χ4v) is 3.96. The second-order valence-electron chi connectivity index (χ2n) is 5.86. The number of likely N-dealkylation sites (tertiary alicyclic amines) is 1. The first-order chi connectivity index (χ1) is 9.63. The van der Waals surface area contributed by atoms with Gasteiger partial charge in [-0.3, -0.25) is 9.69 Å². The molecule has 2 aliphatic heterocycles. The minimum Gasteiger partial charge on any atom is -0.375 e. The molecule has 0 aliphatic carbocycles. The maximum atomic E-state index is 12.4. The van der Waals surface area contributed by atoms with Crippen molar-refractivity contribution in [1.29, 1.82) is 0 Å². The molecule has 1 amide bonds. The molecular weight excluding hydrogens is 272 g/mol. The van der Waals surface area contributed by atoms with Gasteiger partial charge in [-0.15, -0.1) is 11.3 Å². The number of anilines is 1. The molecule has 110 valence electrons. The molecule has 0 unspecified atom stereocenters. The van der Waals surface area contributed by atoms with Gasteiger partial charge >= 0.3 is 0 Å². The summed E-state index contributed by atoms with van der Waals surface area (Å²) in [5.74, 6) is 0.262. The number of aryl methyl sites for hydroxylation is 1. The Labute approximate surface area is 123 Å². The van der Waals surface area contributed by atoms with E-state index in [0.29, 0.717) is 30.1 Å². The predicted octanol–water partition coefficient (Wildman–Crippen LogP) is 1.35. The van der Waals surface area contributed by atoms with E-state index in [9.17, 15) is 4.79 Å². The monoisotopic (exact) mass is 294 g/mol. The van der Waals surface area contributed by atoms with Gasteiger partial charge in [-0.25, -0.2) is 4.98 Å². The highest BCUT2D eigenvalue weighted by atomic mass is 32.1. The summed E-state index contributed by atoms with van der Waals surface area (Å²) >= 11 is 1.44. The standard InChI is InChI=1S/C14H22N4OS/c1-17-11-3-4-12(17)8-18(7-6-11)13(19)5-2-10-9-20-14(15)16-10/h9,11-12H,2-8H2,1H3,(H2,15,16)/t11-,12+/m1/s1. The molecule has 2 N–H and O–H groups in total. The summed E-state index contributed by atoms with van der Waals surface area (Å²) in [7, 11) is 2.20. The normalized spacial score (nSPS) is 26.8. The zero-order valence-corrected chi connectivity index (χ0v) is 12.7. The van der Waals surface area contributed by atoms with Crippen LogP contribution in [0.3, 0.4) is 0 Å². The lowest BCUT2D eigenvalue weighted by Crippen LogP contribution is -2.39. The SMILES string of the molecule is CN1[C@@H]2CC[C@H]1CN(C(=O)CCc1csc(N)n1)CC2. The van der Waals surface area contributed by atoms with Gasteiger partial charge in [-0.1, -0.05) is 0 Å². The summed E-state index contributed by atoms with van der Waals surface area (Å²) in [6.07, 6.45) is 4.88. The maximum Gasteiger partial charge on any atom is 0.223 e. The van der Waals surface area contributed by atoms with Crippen LogP contribution in [-0.4, -0.2) is 52.9 Å². The van der Waals surface area contributed by atoms with Gasteiger partial charge in [0.05, 0.1) is 5.69 Å². The molecule has 20 heavy (non-hydrogen) atoms. The molecule has 3 heterocycles. The number of nitrogens with zero attached hydrogens (tertiary/aromatic N) is 3. The molecule has 1 aromatic heterocycles. The summed E-state index contributed by atoms with van der Waals surface area (Å²) in [4.78, 5) is 21.1. The third-order valence-electron chi connectivity index (χ3n) is 4.67. The van der Waals surface area contributed by atoms with Crippen molar-refractivity contribution in [3.05, 3.63) is 11.1 Å². The molecule has 2 saturated heterocycles. The third kappa shape index (κ3) is 2.81. The van der Waals surface area contributed by atoms with Gasteiger partial charge in [-0.2, -0.15) is 0 Å². The molecule has 6 heteroatoms. The average molecular weight is 294 g/mol. The summed E-state index contributed by atoms with van der Waals surface area (Å²) < 4.78 is 0. The van der Waals surface area contributed by atoms with Gasteiger partial charge in [0.1, 0.15) is 0 Å². The summed E-state index contributed by atoms with van der Waals surface area (Å²) in [6, 6.07) is 1.23. The molecule has 0 aromatic carbocycles. The molecule has 0 spiro atoms. The van der Waals surface area contributed by atoms with Gasteiger partial charge in [-0.05, 0) is 32.7 Å². The lowest BCUT2D eigenvalue weighted by molar-refractivity contribution is -0.131. The molecule has 3 rings (SSSR count). The lowest BCUT2D eigenvalue weighted by Gasteiger charge is -2.25. The second kappa shape index (κ2) is 5.69. The first kappa shape index (κ1) is 13.8. The Morgan fingerprint density at radius 2 is 2.25 bits per heavy atom. The van der Waals surface area contributed by atoms with E-state index in [0.717, 1.165) is 25.2 Å². The highest BCUT2D eigenvalue weighted by molar-refractivity contribution is 7.13. The molecule has 5 nitrogen and oxygen atoms in total. The van der Waals surface area contributed by atoms with Gasteiger partial charge in [0.25, 0.3) is 0 Å². The van der Waals surface area contributed by atoms with E-state index < -0.39 is 0 Å². The van der Waals surface area contributed by atoms with Crippen molar-refractivity contribution in [1.82, 2.24) is 14.8 Å². The van der Waals surface area contributed by atoms with E-state index in [1.165, 1.54) is 24.2 Å². The molecule has 0 radical (unpaired) electrons. The number of rotatable bonds is 3. The van der Waals surface area contributed by atoms with E-state index >= 15 is 0 Å². The van der Waals surface area contributed by atoms with Crippen LogP contribution in [0, 0.1) is 0 Å². The number of hydrogen-bond acceptors (Lipinski definition) is 5. The van der Waals surface area contributed by atoms with Crippen molar-refractivity contribution in [2.75, 3.05) is 25.9 Å². The molecule has 2 bridgehead atoms. The van der Waals surface area contributed by atoms with Crippen LogP contribution in [0.4, 0.5) is 5.13 Å². The second-order valence-corrected chi connectivity index (χ2v) is 6.75. The van der Waals surface area contributed by atoms with Crippen LogP contribution >= 0.6 is 11.3 Å². The summed E-state index contributed by atoms with van der Waals surface area (Å²) in [5.41, 5.74) is 6.55. The smallest absolute Gasteiger partial charge is 0.223 e. The first-order valence-corrected chi connectivity index (χ1v) is 8.21. The third-order valence-corrected chi connectivity index (χ3v) is 5.39. The highest BCUT2D eigenvalue weighted by Crippen LogP contribution is 2.28. The van der Waals surface area contributed by atoms with E-state index in [-0.39, 0.29) is 5.91 Å². The number of carbonyl (C=O) groups excluding carboxylic acids is 1. The molecule has 2 atom stereocenters. The van der Waals surface area contributed by atoms with E-state index in [2.05, 4.69) is 21.8 Å². The largest absolute Gasteiger partial charge is 0.375 e. The molecule has 2 aliphatic rings. The number of hydrogen-bond donors (Lipinski definition) is 1. The Kier molecular flexibility index (Phi) is 3.94. The molecular formula is C14H22N4OS. The Balaban J connectivity index is 1.55. The summed E-state index contributed by atoms with van der Waals surface area (Å²) in [5, 5.41) is 2.53. The quantitative estimate of drug-likeness (QED) is 0.914. The Morgan fingerprint density at radius 3 is 3.00 bits per heavy atom. The maximum absolute atomic E-state index is 12.4. The van der Waals surface area contributed by atoms with Crippen LogP contribution in [-0.2, 0) is 11.2 Å². The number of nitrogens with two attached hydrogens (primary N) is 1. The Hall–Kier alpha value is -1.14. The van der Waals surface area contributed by atoms with Crippen molar-refractivity contribution in [3.8, 4) is 0 Å². The first-order valence-electron chi connectivity index (χ1n) is 7.33. The van der Waals surface area contributed by atoms with E-state index in [1.807, 2.05) is 5.38 Å². The number of aromatic nitrogens is 1. The number of nitrogen functional groups attached to an aromatic ring is 1. The van der Waals surface area contributed by atoms with Crippen molar-refractivity contribution in [2.24, 2.45) is 0 Å². The van der Waals surface area contributed by atoms with Crippen LogP contribution in [0.5, 0.6) is 0 Å². The van der Waals surface area contributed by atoms with Crippen LogP contribution in [0.25, 0.3) is 0 Å². The van der Waals surface area contributed by atoms with Crippen molar-refractivity contribution in [3.63, 3.8) is 0 Å². The number of amides is 1. The Morgan fingerprint density at radius 1 is 1.45 bits per heavy atom. The number of likely N-dealkylation sites (N-methyl/N-ethyl adjacent to an activating group) is 1. The van der Waals surface area contributed by atoms with Gasteiger partial charge < -0.3 is 10.6 Å². The average Bonchev–Trinajstić information content (AvgIpc) is 2.91. The zero-order valence-electron chi connectivity index (χ0n) is 11.9. The van der Waals surface area contributed by atoms with Gasteiger partial charge in [0.2, 0.25) is 5.91 Å². The topological polar surface area (TPSA) is 62.5 Å². The van der Waals surface area contributed by atoms with Crippen LogP contribution in [0.1, 0.15) is 31.4 Å². The zero-order chi connectivity index (χ0) is 14.1. The minimum atomic E-state index is 0.262. The fourth-order valence-electron chi connectivity index (χ4n) is 3.37. The predicted molar refractivity (Wildman–Crippen MR) is 80.6 cm³/mol. The number of carbonyl (C=O) groups is 1. The van der Waals surface area contributed by atoms with Gasteiger partial charge in [0, 0.05) is 37.0 Å².